The molecule has 0 aliphatic rings. The lowest BCUT2D eigenvalue weighted by atomic mass is 10.1. The largest absolute Gasteiger partial charge is 0.293 e. The minimum absolute atomic E-state index is 0.0130. The van der Waals surface area contributed by atoms with Crippen molar-refractivity contribution in [1.82, 2.24) is 14.8 Å². The Hall–Kier alpha value is -2.01. The highest BCUT2D eigenvalue weighted by molar-refractivity contribution is 7.16. The Kier molecular flexibility index (Phi) is 2.91. The third-order valence-electron chi connectivity index (χ3n) is 2.90. The molecule has 0 amide bonds. The monoisotopic (exact) mass is 271 g/mol. The fraction of sp³-hybridized carbons (Fsp3) is 0.214. The minimum Gasteiger partial charge on any atom is -0.293 e. The molecule has 0 atom stereocenters. The highest BCUT2D eigenvalue weighted by Gasteiger charge is 2.15. The number of aromatic nitrogens is 3. The van der Waals surface area contributed by atoms with E-state index in [9.17, 15) is 4.79 Å². The molecule has 0 aliphatic carbocycles. The van der Waals surface area contributed by atoms with Gasteiger partial charge in [-0.05, 0) is 24.3 Å². The predicted molar refractivity (Wildman–Crippen MR) is 75.9 cm³/mol. The summed E-state index contributed by atoms with van der Waals surface area (Å²) in [4.78, 5) is 17.1. The van der Waals surface area contributed by atoms with Gasteiger partial charge in [0.15, 0.2) is 11.4 Å². The molecule has 0 aromatic carbocycles. The first-order valence-corrected chi connectivity index (χ1v) is 6.91. The Morgan fingerprint density at radius 1 is 1.32 bits per heavy atom. The Labute approximate surface area is 114 Å². The maximum atomic E-state index is 12.0. The van der Waals surface area contributed by atoms with E-state index < -0.39 is 0 Å². The second-order valence-electron chi connectivity index (χ2n) is 4.63. The molecule has 0 unspecified atom stereocenters. The third-order valence-corrected chi connectivity index (χ3v) is 3.97. The summed E-state index contributed by atoms with van der Waals surface area (Å²) in [5.74, 6) is 0.180. The van der Waals surface area contributed by atoms with Crippen LogP contribution in [-0.2, 0) is 0 Å². The van der Waals surface area contributed by atoms with Gasteiger partial charge >= 0.3 is 0 Å². The predicted octanol–water partition coefficient (Wildman–Crippen LogP) is 3.32. The zero-order valence-electron chi connectivity index (χ0n) is 10.7. The molecule has 0 N–H and O–H groups in total. The van der Waals surface area contributed by atoms with Gasteiger partial charge < -0.3 is 0 Å². The first-order chi connectivity index (χ1) is 9.16. The van der Waals surface area contributed by atoms with Crippen LogP contribution in [0.5, 0.6) is 0 Å². The number of carbonyl (C=O) groups excluding carboxylic acids is 1. The van der Waals surface area contributed by atoms with Crippen LogP contribution in [0.2, 0.25) is 0 Å². The van der Waals surface area contributed by atoms with Gasteiger partial charge in [0.25, 0.3) is 0 Å². The molecule has 0 saturated carbocycles. The lowest BCUT2D eigenvalue weighted by Gasteiger charge is -2.00. The van der Waals surface area contributed by atoms with Crippen molar-refractivity contribution >= 4 is 28.2 Å². The fourth-order valence-corrected chi connectivity index (χ4v) is 2.94. The SMILES string of the molecule is CC(C)C(=O)c1ccc(-n2ncc3cccnc32)s1. The molecule has 19 heavy (non-hydrogen) atoms. The van der Waals surface area contributed by atoms with E-state index in [1.54, 1.807) is 17.1 Å². The number of ketones is 1. The Balaban J connectivity index is 2.06. The van der Waals surface area contributed by atoms with Crippen LogP contribution in [0.3, 0.4) is 0 Å². The standard InChI is InChI=1S/C14H13N3OS/c1-9(2)13(18)11-5-6-12(19-11)17-14-10(8-16-17)4-3-7-15-14/h3-9H,1-2H3. The summed E-state index contributed by atoms with van der Waals surface area (Å²) in [6, 6.07) is 7.64. The van der Waals surface area contributed by atoms with Crippen LogP contribution in [0, 0.1) is 5.92 Å². The van der Waals surface area contributed by atoms with Crippen molar-refractivity contribution in [2.24, 2.45) is 5.92 Å². The lowest BCUT2D eigenvalue weighted by Crippen LogP contribution is -2.04. The van der Waals surface area contributed by atoms with Crippen molar-refractivity contribution in [3.63, 3.8) is 0 Å². The molecular formula is C14H13N3OS. The molecule has 96 valence electrons. The van der Waals surface area contributed by atoms with Crippen molar-refractivity contribution in [1.29, 1.82) is 0 Å². The number of rotatable bonds is 3. The van der Waals surface area contributed by atoms with Gasteiger partial charge in [-0.15, -0.1) is 11.3 Å². The highest BCUT2D eigenvalue weighted by atomic mass is 32.1. The summed E-state index contributed by atoms with van der Waals surface area (Å²) in [5.41, 5.74) is 0.813. The first-order valence-electron chi connectivity index (χ1n) is 6.10. The van der Waals surface area contributed by atoms with Gasteiger partial charge in [0.05, 0.1) is 11.1 Å². The third kappa shape index (κ3) is 2.06. The quantitative estimate of drug-likeness (QED) is 0.686. The van der Waals surface area contributed by atoms with E-state index in [4.69, 9.17) is 0 Å². The molecule has 0 radical (unpaired) electrons. The second kappa shape index (κ2) is 4.59. The van der Waals surface area contributed by atoms with Crippen LogP contribution in [-0.4, -0.2) is 20.5 Å². The summed E-state index contributed by atoms with van der Waals surface area (Å²) in [5, 5.41) is 6.24. The van der Waals surface area contributed by atoms with E-state index in [0.29, 0.717) is 0 Å². The Morgan fingerprint density at radius 2 is 2.16 bits per heavy atom. The van der Waals surface area contributed by atoms with Gasteiger partial charge in [0.1, 0.15) is 5.00 Å². The molecule has 4 nitrogen and oxygen atoms in total. The van der Waals surface area contributed by atoms with E-state index in [0.717, 1.165) is 20.9 Å². The molecule has 0 saturated heterocycles. The van der Waals surface area contributed by atoms with Crippen molar-refractivity contribution < 1.29 is 4.79 Å². The molecule has 3 aromatic rings. The average Bonchev–Trinajstić information content (AvgIpc) is 3.03. The number of Topliss-reactive ketones (excluding diaryl/α,β-unsaturated/α-hetero) is 1. The van der Waals surface area contributed by atoms with Crippen molar-refractivity contribution in [2.45, 2.75) is 13.8 Å². The second-order valence-corrected chi connectivity index (χ2v) is 5.69. The van der Waals surface area contributed by atoms with Gasteiger partial charge in [-0.3, -0.25) is 4.79 Å². The van der Waals surface area contributed by atoms with Gasteiger partial charge in [0, 0.05) is 17.5 Å². The van der Waals surface area contributed by atoms with Gasteiger partial charge in [-0.25, -0.2) is 9.67 Å². The number of carbonyl (C=O) groups is 1. The van der Waals surface area contributed by atoms with E-state index in [2.05, 4.69) is 10.1 Å². The number of pyridine rings is 1. The van der Waals surface area contributed by atoms with Crippen molar-refractivity contribution in [2.75, 3.05) is 0 Å². The van der Waals surface area contributed by atoms with Crippen LogP contribution in [0.4, 0.5) is 0 Å². The summed E-state index contributed by atoms with van der Waals surface area (Å²) in [6.07, 6.45) is 3.53. The molecule has 3 aromatic heterocycles. The normalized spacial score (nSPS) is 11.3. The molecule has 0 spiro atoms. The van der Waals surface area contributed by atoms with Crippen molar-refractivity contribution in [3.8, 4) is 5.00 Å². The molecule has 0 fully saturated rings. The topological polar surface area (TPSA) is 47.8 Å². The maximum Gasteiger partial charge on any atom is 0.175 e. The molecule has 3 rings (SSSR count). The zero-order chi connectivity index (χ0) is 13.4. The maximum absolute atomic E-state index is 12.0. The smallest absolute Gasteiger partial charge is 0.175 e. The van der Waals surface area contributed by atoms with Gasteiger partial charge in [0.2, 0.25) is 0 Å². The zero-order valence-corrected chi connectivity index (χ0v) is 11.5. The summed E-state index contributed by atoms with van der Waals surface area (Å²) >= 11 is 1.45. The average molecular weight is 271 g/mol. The molecular weight excluding hydrogens is 258 g/mol. The van der Waals surface area contributed by atoms with Crippen LogP contribution in [0.25, 0.3) is 16.0 Å². The Bertz CT molecular complexity index is 742. The summed E-state index contributed by atoms with van der Waals surface area (Å²) in [7, 11) is 0. The van der Waals surface area contributed by atoms with Crippen LogP contribution < -0.4 is 0 Å². The fourth-order valence-electron chi connectivity index (χ4n) is 1.88. The lowest BCUT2D eigenvalue weighted by molar-refractivity contribution is 0.0943. The van der Waals surface area contributed by atoms with E-state index >= 15 is 0 Å². The number of hydrogen-bond acceptors (Lipinski definition) is 4. The minimum atomic E-state index is 0.0130. The highest BCUT2D eigenvalue weighted by Crippen LogP contribution is 2.25. The number of hydrogen-bond donors (Lipinski definition) is 0. The number of nitrogens with zero attached hydrogens (tertiary/aromatic N) is 3. The van der Waals surface area contributed by atoms with Gasteiger partial charge in [-0.1, -0.05) is 13.8 Å². The van der Waals surface area contributed by atoms with E-state index in [1.807, 2.05) is 38.1 Å². The molecule has 3 heterocycles. The number of thiophene rings is 1. The number of fused-ring (bicyclic) bond motifs is 1. The molecule has 5 heteroatoms. The summed E-state index contributed by atoms with van der Waals surface area (Å²) < 4.78 is 1.77. The van der Waals surface area contributed by atoms with Crippen LogP contribution >= 0.6 is 11.3 Å². The van der Waals surface area contributed by atoms with E-state index in [-0.39, 0.29) is 11.7 Å². The van der Waals surface area contributed by atoms with Crippen LogP contribution in [0.15, 0.2) is 36.7 Å². The van der Waals surface area contributed by atoms with E-state index in [1.165, 1.54) is 11.3 Å². The Morgan fingerprint density at radius 3 is 2.95 bits per heavy atom. The molecule has 0 aliphatic heterocycles. The summed E-state index contributed by atoms with van der Waals surface area (Å²) in [6.45, 7) is 3.82. The van der Waals surface area contributed by atoms with Crippen LogP contribution in [0.1, 0.15) is 23.5 Å². The van der Waals surface area contributed by atoms with Crippen molar-refractivity contribution in [3.05, 3.63) is 41.5 Å². The molecule has 0 bridgehead atoms. The van der Waals surface area contributed by atoms with Gasteiger partial charge in [-0.2, -0.15) is 5.10 Å². The first kappa shape index (κ1) is 12.0.